The van der Waals surface area contributed by atoms with Gasteiger partial charge in [0, 0.05) is 18.0 Å². The molecule has 0 bridgehead atoms. The molecule has 3 nitrogen and oxygen atoms in total. The number of benzene rings is 1. The monoisotopic (exact) mass is 336 g/mol. The van der Waals surface area contributed by atoms with Crippen LogP contribution in [0.4, 0.5) is 0 Å². The summed E-state index contributed by atoms with van der Waals surface area (Å²) in [6, 6.07) is 11.3. The van der Waals surface area contributed by atoms with Gasteiger partial charge in [-0.3, -0.25) is 4.98 Å². The van der Waals surface area contributed by atoms with Crippen molar-refractivity contribution in [1.82, 2.24) is 4.98 Å². The summed E-state index contributed by atoms with van der Waals surface area (Å²) in [5.41, 5.74) is 1.66. The molecule has 17 heavy (non-hydrogen) atoms. The van der Waals surface area contributed by atoms with Gasteiger partial charge in [-0.15, -0.1) is 0 Å². The largest absolute Gasteiger partial charge is 0.488 e. The maximum Gasteiger partial charge on any atom is 0.133 e. The topological polar surface area (TPSA) is 45.9 Å². The van der Waals surface area contributed by atoms with Crippen LogP contribution in [0.2, 0.25) is 0 Å². The number of halogens is 1. The number of hydrogen-bond acceptors (Lipinski definition) is 3. The average molecular weight is 336 g/mol. The first-order chi connectivity index (χ1) is 8.29. The van der Waals surface area contributed by atoms with E-state index >= 15 is 0 Å². The van der Waals surface area contributed by atoms with Gasteiger partial charge in [-0.25, -0.2) is 0 Å². The summed E-state index contributed by atoms with van der Waals surface area (Å²) >= 11 is 2.16. The number of rotatable bonds is 3. The third kappa shape index (κ3) is 3.17. The fourth-order valence-electron chi connectivity index (χ4n) is 1.33. The van der Waals surface area contributed by atoms with E-state index in [0.29, 0.717) is 12.2 Å². The molecule has 2 rings (SSSR count). The zero-order chi connectivity index (χ0) is 12.1. The molecule has 0 atom stereocenters. The standard InChI is InChI=1S/C13H9IN2O/c14-12-6-10(7-15)3-4-13(12)17-9-11-2-1-5-16-8-11/h1-6,8H,9H2. The van der Waals surface area contributed by atoms with Gasteiger partial charge >= 0.3 is 0 Å². The highest BCUT2D eigenvalue weighted by molar-refractivity contribution is 14.1. The summed E-state index contributed by atoms with van der Waals surface area (Å²) in [7, 11) is 0. The highest BCUT2D eigenvalue weighted by atomic mass is 127. The van der Waals surface area contributed by atoms with Crippen LogP contribution in [0, 0.1) is 14.9 Å². The van der Waals surface area contributed by atoms with Gasteiger partial charge in [-0.05, 0) is 46.9 Å². The Morgan fingerprint density at radius 1 is 1.35 bits per heavy atom. The minimum Gasteiger partial charge on any atom is -0.488 e. The van der Waals surface area contributed by atoms with Crippen molar-refractivity contribution in [2.45, 2.75) is 6.61 Å². The highest BCUT2D eigenvalue weighted by Gasteiger charge is 2.02. The normalized spacial score (nSPS) is 9.65. The van der Waals surface area contributed by atoms with Gasteiger partial charge < -0.3 is 4.74 Å². The fourth-order valence-corrected chi connectivity index (χ4v) is 2.00. The second kappa shape index (κ2) is 5.64. The van der Waals surface area contributed by atoms with Crippen LogP contribution in [0.15, 0.2) is 42.7 Å². The van der Waals surface area contributed by atoms with E-state index in [1.54, 1.807) is 24.5 Å². The lowest BCUT2D eigenvalue weighted by Crippen LogP contribution is -1.97. The summed E-state index contributed by atoms with van der Waals surface area (Å²) in [6.07, 6.45) is 3.51. The van der Waals surface area contributed by atoms with E-state index in [1.807, 2.05) is 18.2 Å². The number of nitrogens with zero attached hydrogens (tertiary/aromatic N) is 2. The lowest BCUT2D eigenvalue weighted by Gasteiger charge is -2.07. The van der Waals surface area contributed by atoms with Crippen LogP contribution in [0.5, 0.6) is 5.75 Å². The molecule has 0 aliphatic rings. The molecule has 0 fully saturated rings. The predicted molar refractivity (Wildman–Crippen MR) is 72.4 cm³/mol. The smallest absolute Gasteiger partial charge is 0.133 e. The molecule has 2 aromatic rings. The summed E-state index contributed by atoms with van der Waals surface area (Å²) in [5, 5.41) is 8.76. The van der Waals surface area contributed by atoms with Crippen molar-refractivity contribution in [1.29, 1.82) is 5.26 Å². The summed E-state index contributed by atoms with van der Waals surface area (Å²) in [4.78, 5) is 4.02. The van der Waals surface area contributed by atoms with Crippen molar-refractivity contribution in [3.05, 3.63) is 57.4 Å². The first-order valence-electron chi connectivity index (χ1n) is 5.01. The maximum atomic E-state index is 8.76. The number of ether oxygens (including phenoxy) is 1. The quantitative estimate of drug-likeness (QED) is 0.809. The second-order valence-electron chi connectivity index (χ2n) is 3.41. The van der Waals surface area contributed by atoms with Gasteiger partial charge in [0.05, 0.1) is 15.2 Å². The van der Waals surface area contributed by atoms with Crippen LogP contribution in [0.1, 0.15) is 11.1 Å². The Morgan fingerprint density at radius 3 is 2.88 bits per heavy atom. The molecule has 0 N–H and O–H groups in total. The Bertz CT molecular complexity index is 549. The van der Waals surface area contributed by atoms with E-state index in [9.17, 15) is 0 Å². The first-order valence-corrected chi connectivity index (χ1v) is 6.09. The van der Waals surface area contributed by atoms with Crippen LogP contribution < -0.4 is 4.74 Å². The SMILES string of the molecule is N#Cc1ccc(OCc2cccnc2)c(I)c1. The number of pyridine rings is 1. The van der Waals surface area contributed by atoms with Crippen LogP contribution >= 0.6 is 22.6 Å². The Morgan fingerprint density at radius 2 is 2.24 bits per heavy atom. The molecule has 0 amide bonds. The summed E-state index contributed by atoms with van der Waals surface area (Å²) in [5.74, 6) is 0.786. The van der Waals surface area contributed by atoms with Crippen molar-refractivity contribution >= 4 is 22.6 Å². The molecule has 1 aromatic heterocycles. The molecule has 84 valence electrons. The Labute approximate surface area is 113 Å². The molecule has 0 radical (unpaired) electrons. The van der Waals surface area contributed by atoms with Gasteiger partial charge in [0.2, 0.25) is 0 Å². The van der Waals surface area contributed by atoms with E-state index in [4.69, 9.17) is 10.00 Å². The summed E-state index contributed by atoms with van der Waals surface area (Å²) < 4.78 is 6.60. The Kier molecular flexibility index (Phi) is 3.94. The molecule has 1 heterocycles. The lowest BCUT2D eigenvalue weighted by molar-refractivity contribution is 0.303. The predicted octanol–water partition coefficient (Wildman–Crippen LogP) is 3.14. The maximum absolute atomic E-state index is 8.76. The highest BCUT2D eigenvalue weighted by Crippen LogP contribution is 2.22. The van der Waals surface area contributed by atoms with Crippen molar-refractivity contribution in [3.8, 4) is 11.8 Å². The van der Waals surface area contributed by atoms with Gasteiger partial charge in [-0.2, -0.15) is 5.26 Å². The Hall–Kier alpha value is -1.61. The van der Waals surface area contributed by atoms with Gasteiger partial charge in [0.15, 0.2) is 0 Å². The number of aromatic nitrogens is 1. The van der Waals surface area contributed by atoms with Crippen LogP contribution in [-0.4, -0.2) is 4.98 Å². The molecule has 0 spiro atoms. The molecule has 0 unspecified atom stereocenters. The Balaban J connectivity index is 2.08. The molecule has 0 saturated heterocycles. The van der Waals surface area contributed by atoms with Crippen molar-refractivity contribution in [2.24, 2.45) is 0 Å². The lowest BCUT2D eigenvalue weighted by atomic mass is 10.2. The zero-order valence-corrected chi connectivity index (χ0v) is 11.1. The molecule has 4 heteroatoms. The molecule has 0 aliphatic heterocycles. The number of hydrogen-bond donors (Lipinski definition) is 0. The van der Waals surface area contributed by atoms with Crippen molar-refractivity contribution in [2.75, 3.05) is 0 Å². The molecule has 0 aliphatic carbocycles. The van der Waals surface area contributed by atoms with Crippen LogP contribution in [0.25, 0.3) is 0 Å². The summed E-state index contributed by atoms with van der Waals surface area (Å²) in [6.45, 7) is 0.482. The third-order valence-corrected chi connectivity index (χ3v) is 3.02. The molecular formula is C13H9IN2O. The average Bonchev–Trinajstić information content (AvgIpc) is 2.38. The fraction of sp³-hybridized carbons (Fsp3) is 0.0769. The third-order valence-electron chi connectivity index (χ3n) is 2.18. The van der Waals surface area contributed by atoms with Crippen molar-refractivity contribution in [3.63, 3.8) is 0 Å². The van der Waals surface area contributed by atoms with E-state index in [2.05, 4.69) is 33.6 Å². The molecule has 1 aromatic carbocycles. The molecule has 0 saturated carbocycles. The minimum absolute atomic E-state index is 0.482. The van der Waals surface area contributed by atoms with Crippen LogP contribution in [0.3, 0.4) is 0 Å². The van der Waals surface area contributed by atoms with E-state index < -0.39 is 0 Å². The van der Waals surface area contributed by atoms with Gasteiger partial charge in [0.1, 0.15) is 12.4 Å². The first kappa shape index (κ1) is 11.9. The minimum atomic E-state index is 0.482. The van der Waals surface area contributed by atoms with E-state index in [0.717, 1.165) is 14.9 Å². The van der Waals surface area contributed by atoms with Gasteiger partial charge in [-0.1, -0.05) is 6.07 Å². The second-order valence-corrected chi connectivity index (χ2v) is 4.57. The van der Waals surface area contributed by atoms with Gasteiger partial charge in [0.25, 0.3) is 0 Å². The zero-order valence-electron chi connectivity index (χ0n) is 8.93. The van der Waals surface area contributed by atoms with Crippen LogP contribution in [-0.2, 0) is 6.61 Å². The van der Waals surface area contributed by atoms with E-state index in [-0.39, 0.29) is 0 Å². The van der Waals surface area contributed by atoms with E-state index in [1.165, 1.54) is 0 Å². The number of nitriles is 1. The molecular weight excluding hydrogens is 327 g/mol. The van der Waals surface area contributed by atoms with Crippen molar-refractivity contribution < 1.29 is 4.74 Å².